The molecule has 0 spiro atoms. The third-order valence-electron chi connectivity index (χ3n) is 4.33. The number of nitro benzene ring substituents is 1. The number of carbonyl (C=O) groups excluding carboxylic acids is 1. The van der Waals surface area contributed by atoms with Gasteiger partial charge in [-0.1, -0.05) is 18.2 Å². The Morgan fingerprint density at radius 2 is 1.40 bits per heavy atom. The van der Waals surface area contributed by atoms with E-state index < -0.39 is 4.92 Å². The van der Waals surface area contributed by atoms with Crippen LogP contribution in [0.1, 0.15) is 15.9 Å². The van der Waals surface area contributed by atoms with Gasteiger partial charge in [0, 0.05) is 37.5 Å². The summed E-state index contributed by atoms with van der Waals surface area (Å²) in [6.07, 6.45) is 3.12. The highest BCUT2D eigenvalue weighted by Crippen LogP contribution is 2.22. The number of azo groups is 1. The van der Waals surface area contributed by atoms with Crippen LogP contribution in [0.2, 0.25) is 0 Å². The molecule has 0 fully saturated rings. The average molecular weight is 400 g/mol. The standard InChI is InChI=1S/C23H20N4O3/c1-26(2)21-14-10-20(11-15-21)25-24-19-8-3-17(4-9-19)5-16-23(28)18-6-12-22(13-7-18)27(29)30/h3-16H,1-2H3/b16-5+,25-24+. The first-order valence-corrected chi connectivity index (χ1v) is 9.18. The number of ketones is 1. The van der Waals surface area contributed by atoms with Crippen LogP contribution in [0.5, 0.6) is 0 Å². The van der Waals surface area contributed by atoms with Gasteiger partial charge >= 0.3 is 0 Å². The van der Waals surface area contributed by atoms with Crippen LogP contribution in [0.25, 0.3) is 6.08 Å². The number of non-ortho nitro benzene ring substituents is 1. The van der Waals surface area contributed by atoms with E-state index in [0.717, 1.165) is 16.9 Å². The summed E-state index contributed by atoms with van der Waals surface area (Å²) in [6.45, 7) is 0. The lowest BCUT2D eigenvalue weighted by molar-refractivity contribution is -0.384. The summed E-state index contributed by atoms with van der Waals surface area (Å²) < 4.78 is 0. The lowest BCUT2D eigenvalue weighted by atomic mass is 10.1. The van der Waals surface area contributed by atoms with Crippen molar-refractivity contribution in [2.75, 3.05) is 19.0 Å². The predicted molar refractivity (Wildman–Crippen MR) is 118 cm³/mol. The van der Waals surface area contributed by atoms with Gasteiger partial charge in [-0.25, -0.2) is 0 Å². The van der Waals surface area contributed by atoms with Gasteiger partial charge in [0.05, 0.1) is 16.3 Å². The minimum Gasteiger partial charge on any atom is -0.378 e. The predicted octanol–water partition coefficient (Wildman–Crippen LogP) is 5.97. The Kier molecular flexibility index (Phi) is 6.44. The molecule has 0 saturated heterocycles. The van der Waals surface area contributed by atoms with Crippen molar-refractivity contribution in [2.24, 2.45) is 10.2 Å². The summed E-state index contributed by atoms with van der Waals surface area (Å²) in [5.74, 6) is -0.227. The second-order valence-corrected chi connectivity index (χ2v) is 6.70. The van der Waals surface area contributed by atoms with Crippen LogP contribution in [-0.2, 0) is 0 Å². The van der Waals surface area contributed by atoms with Gasteiger partial charge in [-0.15, -0.1) is 0 Å². The lowest BCUT2D eigenvalue weighted by Gasteiger charge is -2.11. The molecule has 3 aromatic rings. The highest BCUT2D eigenvalue weighted by Gasteiger charge is 2.07. The molecule has 7 nitrogen and oxygen atoms in total. The van der Waals surface area contributed by atoms with Crippen molar-refractivity contribution in [1.29, 1.82) is 0 Å². The molecule has 0 aliphatic carbocycles. The van der Waals surface area contributed by atoms with E-state index in [4.69, 9.17) is 0 Å². The number of carbonyl (C=O) groups is 1. The molecule has 0 amide bonds. The zero-order valence-electron chi connectivity index (χ0n) is 16.6. The molecule has 0 N–H and O–H groups in total. The van der Waals surface area contributed by atoms with Crippen LogP contribution in [0, 0.1) is 10.1 Å². The highest BCUT2D eigenvalue weighted by atomic mass is 16.6. The molecule has 30 heavy (non-hydrogen) atoms. The number of hydrogen-bond acceptors (Lipinski definition) is 6. The number of hydrogen-bond donors (Lipinski definition) is 0. The van der Waals surface area contributed by atoms with Gasteiger partial charge < -0.3 is 4.90 Å². The van der Waals surface area contributed by atoms with E-state index in [9.17, 15) is 14.9 Å². The summed E-state index contributed by atoms with van der Waals surface area (Å²) in [4.78, 5) is 24.4. The first kappa shape index (κ1) is 20.6. The van der Waals surface area contributed by atoms with Crippen molar-refractivity contribution >= 4 is 34.6 Å². The monoisotopic (exact) mass is 400 g/mol. The maximum atomic E-state index is 12.2. The molecule has 0 aliphatic rings. The number of allylic oxidation sites excluding steroid dienone is 1. The molecule has 7 heteroatoms. The summed E-state index contributed by atoms with van der Waals surface area (Å²) in [7, 11) is 3.96. The fourth-order valence-corrected chi connectivity index (χ4v) is 2.60. The molecule has 0 heterocycles. The Labute approximate surface area is 174 Å². The minimum absolute atomic E-state index is 0.0473. The molecule has 0 unspecified atom stereocenters. The van der Waals surface area contributed by atoms with E-state index in [-0.39, 0.29) is 11.5 Å². The quantitative estimate of drug-likeness (QED) is 0.161. The van der Waals surface area contributed by atoms with Gasteiger partial charge in [-0.2, -0.15) is 10.2 Å². The normalized spacial score (nSPS) is 11.1. The van der Waals surface area contributed by atoms with Gasteiger partial charge in [0.1, 0.15) is 0 Å². The molecular weight excluding hydrogens is 380 g/mol. The zero-order chi connectivity index (χ0) is 21.5. The van der Waals surface area contributed by atoms with Gasteiger partial charge in [0.15, 0.2) is 5.78 Å². The number of rotatable bonds is 7. The van der Waals surface area contributed by atoms with Gasteiger partial charge in [0.2, 0.25) is 0 Å². The smallest absolute Gasteiger partial charge is 0.269 e. The van der Waals surface area contributed by atoms with Gasteiger partial charge in [-0.05, 0) is 60.2 Å². The summed E-state index contributed by atoms with van der Waals surface area (Å²) in [5, 5.41) is 19.1. The van der Waals surface area contributed by atoms with Crippen LogP contribution >= 0.6 is 0 Å². The molecule has 3 rings (SSSR count). The van der Waals surface area contributed by atoms with Crippen molar-refractivity contribution in [3.05, 3.63) is 100 Å². The maximum Gasteiger partial charge on any atom is 0.269 e. The fourth-order valence-electron chi connectivity index (χ4n) is 2.60. The van der Waals surface area contributed by atoms with Crippen LogP contribution in [0.4, 0.5) is 22.7 Å². The Morgan fingerprint density at radius 3 is 1.90 bits per heavy atom. The second-order valence-electron chi connectivity index (χ2n) is 6.70. The summed E-state index contributed by atoms with van der Waals surface area (Å²) >= 11 is 0. The molecule has 0 aliphatic heterocycles. The van der Waals surface area contributed by atoms with Crippen molar-refractivity contribution in [1.82, 2.24) is 0 Å². The van der Waals surface area contributed by atoms with E-state index in [0.29, 0.717) is 11.3 Å². The van der Waals surface area contributed by atoms with Crippen LogP contribution in [0.3, 0.4) is 0 Å². The van der Waals surface area contributed by atoms with Crippen molar-refractivity contribution in [2.45, 2.75) is 0 Å². The Hall–Kier alpha value is -4.13. The van der Waals surface area contributed by atoms with E-state index in [1.54, 1.807) is 6.08 Å². The van der Waals surface area contributed by atoms with Gasteiger partial charge in [-0.3, -0.25) is 14.9 Å². The molecule has 0 saturated carbocycles. The third-order valence-corrected chi connectivity index (χ3v) is 4.33. The molecular formula is C23H20N4O3. The number of nitrogens with zero attached hydrogens (tertiary/aromatic N) is 4. The highest BCUT2D eigenvalue weighted by molar-refractivity contribution is 6.06. The van der Waals surface area contributed by atoms with Gasteiger partial charge in [0.25, 0.3) is 5.69 Å². The lowest BCUT2D eigenvalue weighted by Crippen LogP contribution is -2.07. The zero-order valence-corrected chi connectivity index (χ0v) is 16.6. The minimum atomic E-state index is -0.498. The van der Waals surface area contributed by atoms with E-state index in [2.05, 4.69) is 10.2 Å². The van der Waals surface area contributed by atoms with E-state index >= 15 is 0 Å². The van der Waals surface area contributed by atoms with Crippen LogP contribution < -0.4 is 4.90 Å². The maximum absolute atomic E-state index is 12.2. The SMILES string of the molecule is CN(C)c1ccc(/N=N/c2ccc(/C=C/C(=O)c3ccc([N+](=O)[O-])cc3)cc2)cc1. The van der Waals surface area contributed by atoms with Crippen molar-refractivity contribution in [3.8, 4) is 0 Å². The Morgan fingerprint density at radius 1 is 0.867 bits per heavy atom. The Bertz CT molecular complexity index is 1080. The second kappa shape index (κ2) is 9.38. The topological polar surface area (TPSA) is 88.2 Å². The molecule has 0 radical (unpaired) electrons. The number of nitro groups is 1. The van der Waals surface area contributed by atoms with E-state index in [1.165, 1.54) is 30.3 Å². The number of benzene rings is 3. The van der Waals surface area contributed by atoms with Crippen LogP contribution in [-0.4, -0.2) is 24.8 Å². The van der Waals surface area contributed by atoms with Crippen LogP contribution in [0.15, 0.2) is 89.1 Å². The summed E-state index contributed by atoms with van der Waals surface area (Å²) in [5.41, 5.74) is 3.73. The molecule has 150 valence electrons. The summed E-state index contributed by atoms with van der Waals surface area (Å²) in [6, 6.07) is 20.6. The largest absolute Gasteiger partial charge is 0.378 e. The number of anilines is 1. The molecule has 0 aromatic heterocycles. The molecule has 0 atom stereocenters. The first-order valence-electron chi connectivity index (χ1n) is 9.18. The third kappa shape index (κ3) is 5.45. The van der Waals surface area contributed by atoms with E-state index in [1.807, 2.05) is 67.5 Å². The molecule has 0 bridgehead atoms. The van der Waals surface area contributed by atoms with Crippen molar-refractivity contribution in [3.63, 3.8) is 0 Å². The Balaban J connectivity index is 1.62. The first-order chi connectivity index (χ1) is 14.4. The van der Waals surface area contributed by atoms with Crippen molar-refractivity contribution < 1.29 is 9.72 Å². The average Bonchev–Trinajstić information content (AvgIpc) is 2.77. The molecule has 3 aromatic carbocycles. The fraction of sp³-hybridized carbons (Fsp3) is 0.0870.